The summed E-state index contributed by atoms with van der Waals surface area (Å²) in [6.07, 6.45) is 5.34. The molecule has 22 heavy (non-hydrogen) atoms. The molecule has 5 nitrogen and oxygen atoms in total. The van der Waals surface area contributed by atoms with E-state index in [2.05, 4.69) is 28.9 Å². The smallest absolute Gasteiger partial charge is 0.236 e. The zero-order chi connectivity index (χ0) is 15.7. The first-order valence-electron chi connectivity index (χ1n) is 7.86. The van der Waals surface area contributed by atoms with Gasteiger partial charge in [0.15, 0.2) is 10.8 Å². The molecule has 0 bridgehead atoms. The Morgan fingerprint density at radius 2 is 2.00 bits per heavy atom. The van der Waals surface area contributed by atoms with Crippen molar-refractivity contribution < 1.29 is 4.79 Å². The van der Waals surface area contributed by atoms with Crippen LogP contribution in [0.3, 0.4) is 0 Å². The van der Waals surface area contributed by atoms with E-state index in [9.17, 15) is 4.79 Å². The lowest BCUT2D eigenvalue weighted by Crippen LogP contribution is -2.50. The number of carbonyl (C=O) groups is 1. The Kier molecular flexibility index (Phi) is 4.38. The van der Waals surface area contributed by atoms with Crippen LogP contribution in [0.1, 0.15) is 40.0 Å². The molecule has 1 saturated heterocycles. The number of hydrogen-bond acceptors (Lipinski definition) is 4. The average Bonchev–Trinajstić information content (AvgIpc) is 2.90. The van der Waals surface area contributed by atoms with Gasteiger partial charge in [-0.3, -0.25) is 9.20 Å². The van der Waals surface area contributed by atoms with E-state index in [-0.39, 0.29) is 11.2 Å². The SMILES string of the molecule is C[C@@H]1CCC[C@@H](C)N1C(=O)[C@@H](C)Sc1nnc2ccccn12. The van der Waals surface area contributed by atoms with E-state index >= 15 is 0 Å². The fourth-order valence-electron chi connectivity index (χ4n) is 3.17. The van der Waals surface area contributed by atoms with Crippen LogP contribution in [0.5, 0.6) is 0 Å². The molecule has 0 saturated carbocycles. The molecular weight excluding hydrogens is 296 g/mol. The molecule has 1 aliphatic rings. The zero-order valence-corrected chi connectivity index (χ0v) is 14.1. The van der Waals surface area contributed by atoms with E-state index in [0.717, 1.165) is 23.6 Å². The van der Waals surface area contributed by atoms with Crippen LogP contribution in [0, 0.1) is 0 Å². The highest BCUT2D eigenvalue weighted by molar-refractivity contribution is 8.00. The fraction of sp³-hybridized carbons (Fsp3) is 0.562. The van der Waals surface area contributed by atoms with Crippen molar-refractivity contribution in [3.05, 3.63) is 24.4 Å². The third-order valence-corrected chi connectivity index (χ3v) is 5.40. The molecule has 118 valence electrons. The highest BCUT2D eigenvalue weighted by Crippen LogP contribution is 2.28. The lowest BCUT2D eigenvalue weighted by atomic mass is 9.97. The molecule has 2 aromatic rings. The lowest BCUT2D eigenvalue weighted by Gasteiger charge is -2.40. The molecule has 1 fully saturated rings. The molecule has 0 aliphatic carbocycles. The van der Waals surface area contributed by atoms with Crippen molar-refractivity contribution in [1.82, 2.24) is 19.5 Å². The topological polar surface area (TPSA) is 50.5 Å². The fourth-order valence-corrected chi connectivity index (χ4v) is 4.07. The van der Waals surface area contributed by atoms with Gasteiger partial charge in [0.2, 0.25) is 5.91 Å². The second-order valence-corrected chi connectivity index (χ2v) is 7.35. The van der Waals surface area contributed by atoms with Crippen molar-refractivity contribution in [3.63, 3.8) is 0 Å². The minimum absolute atomic E-state index is 0.157. The van der Waals surface area contributed by atoms with Crippen LogP contribution in [-0.4, -0.2) is 42.7 Å². The van der Waals surface area contributed by atoms with E-state index in [4.69, 9.17) is 0 Å². The van der Waals surface area contributed by atoms with Crippen molar-refractivity contribution in [1.29, 1.82) is 0 Å². The molecule has 0 aromatic carbocycles. The summed E-state index contributed by atoms with van der Waals surface area (Å²) in [5.74, 6) is 0.206. The second kappa shape index (κ2) is 6.28. The first-order valence-corrected chi connectivity index (χ1v) is 8.74. The lowest BCUT2D eigenvalue weighted by molar-refractivity contribution is -0.136. The van der Waals surface area contributed by atoms with E-state index in [0.29, 0.717) is 12.1 Å². The summed E-state index contributed by atoms with van der Waals surface area (Å²) in [5.41, 5.74) is 0.810. The Balaban J connectivity index is 1.76. The molecule has 1 amide bonds. The first-order chi connectivity index (χ1) is 10.6. The number of piperidine rings is 1. The monoisotopic (exact) mass is 318 g/mol. The number of hydrogen-bond donors (Lipinski definition) is 0. The maximum absolute atomic E-state index is 12.8. The van der Waals surface area contributed by atoms with Gasteiger partial charge in [-0.2, -0.15) is 0 Å². The van der Waals surface area contributed by atoms with Gasteiger partial charge in [-0.25, -0.2) is 0 Å². The van der Waals surface area contributed by atoms with Gasteiger partial charge in [-0.15, -0.1) is 10.2 Å². The number of rotatable bonds is 3. The summed E-state index contributed by atoms with van der Waals surface area (Å²) in [7, 11) is 0. The third kappa shape index (κ3) is 2.84. The Morgan fingerprint density at radius 1 is 1.27 bits per heavy atom. The number of likely N-dealkylation sites (tertiary alicyclic amines) is 1. The zero-order valence-electron chi connectivity index (χ0n) is 13.3. The summed E-state index contributed by atoms with van der Waals surface area (Å²) < 4.78 is 1.93. The summed E-state index contributed by atoms with van der Waals surface area (Å²) in [5, 5.41) is 8.96. The second-order valence-electron chi connectivity index (χ2n) is 6.05. The Bertz CT molecular complexity index is 661. The number of amides is 1. The van der Waals surface area contributed by atoms with Gasteiger partial charge in [-0.1, -0.05) is 17.8 Å². The van der Waals surface area contributed by atoms with Gasteiger partial charge in [0.1, 0.15) is 0 Å². The Hall–Kier alpha value is -1.56. The number of pyridine rings is 1. The highest BCUT2D eigenvalue weighted by Gasteiger charge is 2.32. The normalized spacial score (nSPS) is 23.7. The van der Waals surface area contributed by atoms with Gasteiger partial charge in [0.05, 0.1) is 5.25 Å². The van der Waals surface area contributed by atoms with Crippen LogP contribution in [0.2, 0.25) is 0 Å². The van der Waals surface area contributed by atoms with Crippen molar-refractivity contribution in [2.75, 3.05) is 0 Å². The third-order valence-electron chi connectivity index (χ3n) is 4.36. The quantitative estimate of drug-likeness (QED) is 0.816. The van der Waals surface area contributed by atoms with Crippen molar-refractivity contribution >= 4 is 23.3 Å². The van der Waals surface area contributed by atoms with Crippen LogP contribution in [-0.2, 0) is 4.79 Å². The maximum Gasteiger partial charge on any atom is 0.236 e. The molecule has 2 aromatic heterocycles. The molecule has 1 aliphatic heterocycles. The molecule has 3 rings (SSSR count). The number of carbonyl (C=O) groups excluding carboxylic acids is 1. The van der Waals surface area contributed by atoms with Crippen LogP contribution in [0.25, 0.3) is 5.65 Å². The van der Waals surface area contributed by atoms with E-state index in [1.165, 1.54) is 18.2 Å². The van der Waals surface area contributed by atoms with Gasteiger partial charge in [0, 0.05) is 18.3 Å². The van der Waals surface area contributed by atoms with E-state index in [1.54, 1.807) is 0 Å². The minimum atomic E-state index is -0.157. The van der Waals surface area contributed by atoms with Crippen molar-refractivity contribution in [2.24, 2.45) is 0 Å². The number of aromatic nitrogens is 3. The molecule has 0 N–H and O–H groups in total. The van der Waals surface area contributed by atoms with Crippen molar-refractivity contribution in [2.45, 2.75) is 62.5 Å². The first kappa shape index (κ1) is 15.3. The molecule has 0 unspecified atom stereocenters. The number of fused-ring (bicyclic) bond motifs is 1. The van der Waals surface area contributed by atoms with E-state index < -0.39 is 0 Å². The van der Waals surface area contributed by atoms with Crippen LogP contribution in [0.15, 0.2) is 29.6 Å². The van der Waals surface area contributed by atoms with Gasteiger partial charge >= 0.3 is 0 Å². The summed E-state index contributed by atoms with van der Waals surface area (Å²) >= 11 is 1.48. The average molecular weight is 318 g/mol. The van der Waals surface area contributed by atoms with Crippen LogP contribution < -0.4 is 0 Å². The standard InChI is InChI=1S/C16H22N4OS/c1-11-7-6-8-12(2)20(11)15(21)13(3)22-16-18-17-14-9-4-5-10-19(14)16/h4-5,9-13H,6-8H2,1-3H3/t11-,12-,13-/m1/s1. The van der Waals surface area contributed by atoms with Gasteiger partial charge in [0.25, 0.3) is 0 Å². The Morgan fingerprint density at radius 3 is 2.73 bits per heavy atom. The highest BCUT2D eigenvalue weighted by atomic mass is 32.2. The predicted octanol–water partition coefficient (Wildman–Crippen LogP) is 3.00. The van der Waals surface area contributed by atoms with Crippen LogP contribution in [0.4, 0.5) is 0 Å². The summed E-state index contributed by atoms with van der Waals surface area (Å²) in [6.45, 7) is 6.26. The van der Waals surface area contributed by atoms with Crippen LogP contribution >= 0.6 is 11.8 Å². The number of nitrogens with zero attached hydrogens (tertiary/aromatic N) is 4. The number of thioether (sulfide) groups is 1. The summed E-state index contributed by atoms with van der Waals surface area (Å²) in [4.78, 5) is 14.9. The maximum atomic E-state index is 12.8. The van der Waals surface area contributed by atoms with E-state index in [1.807, 2.05) is 35.7 Å². The predicted molar refractivity (Wildman–Crippen MR) is 87.9 cm³/mol. The van der Waals surface area contributed by atoms with Crippen molar-refractivity contribution in [3.8, 4) is 0 Å². The molecule has 3 atom stereocenters. The summed E-state index contributed by atoms with van der Waals surface area (Å²) in [6, 6.07) is 6.45. The molecule has 6 heteroatoms. The minimum Gasteiger partial charge on any atom is -0.336 e. The Labute approximate surface area is 135 Å². The molecule has 0 radical (unpaired) electrons. The largest absolute Gasteiger partial charge is 0.336 e. The molecule has 3 heterocycles. The van der Waals surface area contributed by atoms with Gasteiger partial charge in [-0.05, 0) is 52.2 Å². The molecular formula is C16H22N4OS. The molecule has 0 spiro atoms. The van der Waals surface area contributed by atoms with Gasteiger partial charge < -0.3 is 4.90 Å².